The van der Waals surface area contributed by atoms with Gasteiger partial charge in [0.2, 0.25) is 5.78 Å². The smallest absolute Gasteiger partial charge is 0.205 e. The molecule has 0 aliphatic carbocycles. The Morgan fingerprint density at radius 2 is 2.04 bits per heavy atom. The van der Waals surface area contributed by atoms with Gasteiger partial charge >= 0.3 is 0 Å². The lowest BCUT2D eigenvalue weighted by Gasteiger charge is -2.01. The minimum Gasteiger partial charge on any atom is -0.397 e. The average Bonchev–Trinajstić information content (AvgIpc) is 3.11. The molecule has 0 saturated carbocycles. The third-order valence-corrected chi connectivity index (χ3v) is 5.12. The van der Waals surface area contributed by atoms with E-state index in [0.717, 1.165) is 22.2 Å². The fourth-order valence-corrected chi connectivity index (χ4v) is 3.83. The summed E-state index contributed by atoms with van der Waals surface area (Å²) in [6.07, 6.45) is 2.89. The third-order valence-electron chi connectivity index (χ3n) is 4.03. The van der Waals surface area contributed by atoms with Crippen LogP contribution in [0.25, 0.3) is 15.7 Å². The van der Waals surface area contributed by atoms with Crippen LogP contribution in [-0.4, -0.2) is 15.4 Å². The van der Waals surface area contributed by atoms with E-state index in [4.69, 9.17) is 5.73 Å². The zero-order valence-electron chi connectivity index (χ0n) is 12.6. The molecule has 0 atom stereocenters. The summed E-state index contributed by atoms with van der Waals surface area (Å²) in [4.78, 5) is 14.1. The Hall–Kier alpha value is -2.66. The van der Waals surface area contributed by atoms with Gasteiger partial charge in [0.25, 0.3) is 0 Å². The van der Waals surface area contributed by atoms with Gasteiger partial charge in [0, 0.05) is 11.8 Å². The van der Waals surface area contributed by atoms with Crippen molar-refractivity contribution in [1.29, 1.82) is 0 Å². The normalized spacial score (nSPS) is 11.3. The number of fused-ring (bicyclic) bond motifs is 3. The van der Waals surface area contributed by atoms with Crippen LogP contribution in [0.15, 0.2) is 48.7 Å². The number of nitrogens with two attached hydrogens (primary N) is 1. The van der Waals surface area contributed by atoms with Crippen molar-refractivity contribution in [2.24, 2.45) is 0 Å². The molecule has 3 aromatic heterocycles. The van der Waals surface area contributed by atoms with Crippen LogP contribution in [0.3, 0.4) is 0 Å². The molecular formula is C18H15N3OS. The van der Waals surface area contributed by atoms with Gasteiger partial charge in [0.1, 0.15) is 9.71 Å². The highest BCUT2D eigenvalue weighted by molar-refractivity contribution is 7.21. The molecule has 0 aliphatic heterocycles. The number of pyridine rings is 1. The Morgan fingerprint density at radius 1 is 1.26 bits per heavy atom. The second-order valence-corrected chi connectivity index (χ2v) is 6.44. The molecule has 0 radical (unpaired) electrons. The first-order valence-corrected chi connectivity index (χ1v) is 8.29. The largest absolute Gasteiger partial charge is 0.397 e. The molecule has 3 heterocycles. The minimum absolute atomic E-state index is 0.0455. The first-order valence-electron chi connectivity index (χ1n) is 7.48. The molecule has 4 nitrogen and oxygen atoms in total. The van der Waals surface area contributed by atoms with Crippen molar-refractivity contribution in [1.82, 2.24) is 9.61 Å². The van der Waals surface area contributed by atoms with Gasteiger partial charge in [-0.3, -0.25) is 4.79 Å². The summed E-state index contributed by atoms with van der Waals surface area (Å²) >= 11 is 1.36. The highest BCUT2D eigenvalue weighted by atomic mass is 32.1. The number of hydrogen-bond acceptors (Lipinski definition) is 4. The van der Waals surface area contributed by atoms with Crippen LogP contribution in [0.5, 0.6) is 0 Å². The van der Waals surface area contributed by atoms with Gasteiger partial charge in [-0.05, 0) is 24.1 Å². The topological polar surface area (TPSA) is 60.4 Å². The van der Waals surface area contributed by atoms with Crippen LogP contribution in [0, 0.1) is 0 Å². The molecule has 4 aromatic rings. The highest BCUT2D eigenvalue weighted by Gasteiger charge is 2.21. The molecule has 0 aliphatic rings. The summed E-state index contributed by atoms with van der Waals surface area (Å²) < 4.78 is 1.83. The van der Waals surface area contributed by atoms with Crippen LogP contribution in [0.4, 0.5) is 5.69 Å². The lowest BCUT2D eigenvalue weighted by atomic mass is 10.1. The summed E-state index contributed by atoms with van der Waals surface area (Å²) in [6, 6.07) is 13.4. The Bertz CT molecular complexity index is 1030. The maximum absolute atomic E-state index is 12.7. The summed E-state index contributed by atoms with van der Waals surface area (Å²) in [5.74, 6) is -0.0455. The first kappa shape index (κ1) is 14.0. The number of aryl methyl sites for hydroxylation is 1. The van der Waals surface area contributed by atoms with Crippen molar-refractivity contribution in [2.75, 3.05) is 5.73 Å². The lowest BCUT2D eigenvalue weighted by molar-refractivity contribution is 0.104. The fraction of sp³-hybridized carbons (Fsp3) is 0.111. The monoisotopic (exact) mass is 321 g/mol. The Morgan fingerprint density at radius 3 is 2.78 bits per heavy atom. The summed E-state index contributed by atoms with van der Waals surface area (Å²) in [5.41, 5.74) is 9.67. The van der Waals surface area contributed by atoms with Crippen LogP contribution in [0.2, 0.25) is 0 Å². The quantitative estimate of drug-likeness (QED) is 0.582. The summed E-state index contributed by atoms with van der Waals surface area (Å²) in [7, 11) is 0. The van der Waals surface area contributed by atoms with E-state index < -0.39 is 0 Å². The van der Waals surface area contributed by atoms with Gasteiger partial charge in [0.05, 0.1) is 16.6 Å². The number of carbonyl (C=O) groups excluding carboxylic acids is 1. The number of hydrogen-bond donors (Lipinski definition) is 1. The first-order chi connectivity index (χ1) is 11.2. The predicted molar refractivity (Wildman–Crippen MR) is 94.2 cm³/mol. The highest BCUT2D eigenvalue weighted by Crippen LogP contribution is 2.37. The molecule has 1 aromatic carbocycles. The minimum atomic E-state index is -0.0455. The standard InChI is InChI=1S/C18H15N3OS/c1-2-11-8-9-21-13(10-11)14-15(19)17(23-18(14)20-21)16(22)12-6-4-3-5-7-12/h3-10H,2,19H2,1H3. The molecule has 0 bridgehead atoms. The van der Waals surface area contributed by atoms with E-state index in [-0.39, 0.29) is 5.78 Å². The molecule has 4 rings (SSSR count). The number of rotatable bonds is 3. The Balaban J connectivity index is 1.93. The van der Waals surface area contributed by atoms with Crippen molar-refractivity contribution < 1.29 is 4.79 Å². The number of ketones is 1. The van der Waals surface area contributed by atoms with Gasteiger partial charge in [-0.2, -0.15) is 5.10 Å². The van der Waals surface area contributed by atoms with Crippen LogP contribution in [-0.2, 0) is 6.42 Å². The van der Waals surface area contributed by atoms with Crippen LogP contribution in [0.1, 0.15) is 27.7 Å². The molecule has 114 valence electrons. The molecule has 0 spiro atoms. The number of nitrogens with zero attached hydrogens (tertiary/aromatic N) is 2. The molecule has 0 unspecified atom stereocenters. The van der Waals surface area contributed by atoms with Gasteiger partial charge in [-0.15, -0.1) is 11.3 Å². The zero-order chi connectivity index (χ0) is 16.0. The van der Waals surface area contributed by atoms with E-state index in [1.165, 1.54) is 16.9 Å². The van der Waals surface area contributed by atoms with Crippen molar-refractivity contribution in [3.8, 4) is 0 Å². The molecule has 5 heteroatoms. The molecular weight excluding hydrogens is 306 g/mol. The average molecular weight is 321 g/mol. The lowest BCUT2D eigenvalue weighted by Crippen LogP contribution is -2.02. The van der Waals surface area contributed by atoms with Gasteiger partial charge in [-0.1, -0.05) is 37.3 Å². The van der Waals surface area contributed by atoms with E-state index in [9.17, 15) is 4.79 Å². The zero-order valence-corrected chi connectivity index (χ0v) is 13.4. The number of thiophene rings is 1. The van der Waals surface area contributed by atoms with Crippen LogP contribution < -0.4 is 5.73 Å². The Kier molecular flexibility index (Phi) is 3.16. The maximum Gasteiger partial charge on any atom is 0.205 e. The van der Waals surface area contributed by atoms with Crippen molar-refractivity contribution >= 4 is 38.5 Å². The molecule has 23 heavy (non-hydrogen) atoms. The summed E-state index contributed by atoms with van der Waals surface area (Å²) in [5, 5.41) is 5.43. The van der Waals surface area contributed by atoms with Crippen molar-refractivity contribution in [3.05, 3.63) is 64.7 Å². The SMILES string of the molecule is CCc1ccn2nc3sc(C(=O)c4ccccc4)c(N)c3c2c1. The predicted octanol–water partition coefficient (Wildman–Crippen LogP) is 3.92. The maximum atomic E-state index is 12.7. The molecule has 0 saturated heterocycles. The number of aromatic nitrogens is 2. The van der Waals surface area contributed by atoms with Crippen molar-refractivity contribution in [2.45, 2.75) is 13.3 Å². The van der Waals surface area contributed by atoms with E-state index in [2.05, 4.69) is 24.2 Å². The van der Waals surface area contributed by atoms with E-state index in [0.29, 0.717) is 16.1 Å². The van der Waals surface area contributed by atoms with Crippen LogP contribution >= 0.6 is 11.3 Å². The second-order valence-electron chi connectivity index (χ2n) is 5.44. The van der Waals surface area contributed by atoms with Gasteiger partial charge in [-0.25, -0.2) is 4.52 Å². The van der Waals surface area contributed by atoms with E-state index in [1.54, 1.807) is 0 Å². The number of nitrogen functional groups attached to an aromatic ring is 1. The van der Waals surface area contributed by atoms with E-state index in [1.807, 2.05) is 41.0 Å². The van der Waals surface area contributed by atoms with Gasteiger partial charge < -0.3 is 5.73 Å². The Labute approximate surface area is 137 Å². The fourth-order valence-electron chi connectivity index (χ4n) is 2.77. The van der Waals surface area contributed by atoms with Gasteiger partial charge in [0.15, 0.2) is 0 Å². The molecule has 0 amide bonds. The summed E-state index contributed by atoms with van der Waals surface area (Å²) in [6.45, 7) is 2.11. The second kappa shape index (κ2) is 5.21. The third kappa shape index (κ3) is 2.12. The number of benzene rings is 1. The van der Waals surface area contributed by atoms with Crippen molar-refractivity contribution in [3.63, 3.8) is 0 Å². The number of anilines is 1. The van der Waals surface area contributed by atoms with E-state index >= 15 is 0 Å². The number of carbonyl (C=O) groups is 1. The molecule has 2 N–H and O–H groups in total. The molecule has 0 fully saturated rings.